The molecule has 0 atom stereocenters. The Kier molecular flexibility index (Phi) is 3.65. The summed E-state index contributed by atoms with van der Waals surface area (Å²) in [6.07, 6.45) is 8.26. The predicted octanol–water partition coefficient (Wildman–Crippen LogP) is 3.85. The molecule has 1 heterocycles. The summed E-state index contributed by atoms with van der Waals surface area (Å²) in [6.45, 7) is 0.389. The van der Waals surface area contributed by atoms with Crippen LogP contribution in [0.5, 0.6) is 0 Å². The minimum atomic E-state index is 0.389. The van der Waals surface area contributed by atoms with E-state index in [-0.39, 0.29) is 0 Å². The predicted molar refractivity (Wildman–Crippen MR) is 75.7 cm³/mol. The molecule has 3 nitrogen and oxygen atoms in total. The van der Waals surface area contributed by atoms with Gasteiger partial charge in [-0.05, 0) is 24.3 Å². The van der Waals surface area contributed by atoms with Crippen molar-refractivity contribution >= 4 is 0 Å². The molecule has 3 heteroatoms. The normalized spacial score (nSPS) is 16.7. The lowest BCUT2D eigenvalue weighted by molar-refractivity contribution is 0.443. The van der Waals surface area contributed by atoms with E-state index in [0.29, 0.717) is 6.54 Å². The van der Waals surface area contributed by atoms with E-state index in [9.17, 15) is 0 Å². The first kappa shape index (κ1) is 12.4. The zero-order valence-corrected chi connectivity index (χ0v) is 11.1. The molecule has 2 N–H and O–H groups in total. The number of nitrogens with zero attached hydrogens (tertiary/aromatic N) is 1. The monoisotopic (exact) mass is 256 g/mol. The van der Waals surface area contributed by atoms with Gasteiger partial charge in [-0.1, -0.05) is 43.5 Å². The third-order valence-corrected chi connectivity index (χ3v) is 4.09. The Morgan fingerprint density at radius 2 is 1.84 bits per heavy atom. The maximum Gasteiger partial charge on any atom is 0.181 e. The zero-order chi connectivity index (χ0) is 13.1. The van der Waals surface area contributed by atoms with Crippen LogP contribution in [0.1, 0.15) is 49.3 Å². The van der Waals surface area contributed by atoms with Crippen molar-refractivity contribution in [2.75, 3.05) is 0 Å². The first-order valence-corrected chi connectivity index (χ1v) is 7.11. The minimum absolute atomic E-state index is 0.389. The molecule has 19 heavy (non-hydrogen) atoms. The third-order valence-electron chi connectivity index (χ3n) is 4.09. The standard InChI is InChI=1S/C16H20N2O/c17-10-15-16(18-11-19-15)14-8-6-13(7-9-14)12-4-2-1-3-5-12/h6-9,11-12H,1-5,10,17H2. The van der Waals surface area contributed by atoms with Crippen LogP contribution in [-0.2, 0) is 6.54 Å². The summed E-state index contributed by atoms with van der Waals surface area (Å²) in [6, 6.07) is 8.75. The SMILES string of the molecule is NCc1ocnc1-c1ccc(C2CCCCC2)cc1. The van der Waals surface area contributed by atoms with Crippen LogP contribution in [-0.4, -0.2) is 4.98 Å². The van der Waals surface area contributed by atoms with E-state index in [1.165, 1.54) is 44.1 Å². The molecule has 0 bridgehead atoms. The molecule has 1 aromatic heterocycles. The van der Waals surface area contributed by atoms with Gasteiger partial charge in [-0.3, -0.25) is 0 Å². The number of hydrogen-bond acceptors (Lipinski definition) is 3. The van der Waals surface area contributed by atoms with Crippen molar-refractivity contribution in [3.8, 4) is 11.3 Å². The average Bonchev–Trinajstić information content (AvgIpc) is 2.97. The van der Waals surface area contributed by atoms with E-state index >= 15 is 0 Å². The van der Waals surface area contributed by atoms with Crippen molar-refractivity contribution in [1.29, 1.82) is 0 Å². The van der Waals surface area contributed by atoms with Crippen molar-refractivity contribution in [3.05, 3.63) is 42.0 Å². The smallest absolute Gasteiger partial charge is 0.181 e. The van der Waals surface area contributed by atoms with Crippen LogP contribution in [0.25, 0.3) is 11.3 Å². The maximum atomic E-state index is 5.65. The molecular formula is C16H20N2O. The van der Waals surface area contributed by atoms with Gasteiger partial charge in [0.15, 0.2) is 6.39 Å². The Morgan fingerprint density at radius 3 is 2.53 bits per heavy atom. The fourth-order valence-electron chi connectivity index (χ4n) is 3.00. The Balaban J connectivity index is 1.82. The fourth-order valence-corrected chi connectivity index (χ4v) is 3.00. The summed E-state index contributed by atoms with van der Waals surface area (Å²) in [5.74, 6) is 1.50. The summed E-state index contributed by atoms with van der Waals surface area (Å²) in [7, 11) is 0. The number of aromatic nitrogens is 1. The molecular weight excluding hydrogens is 236 g/mol. The lowest BCUT2D eigenvalue weighted by atomic mass is 9.84. The summed E-state index contributed by atoms with van der Waals surface area (Å²) in [5, 5.41) is 0. The highest BCUT2D eigenvalue weighted by atomic mass is 16.3. The van der Waals surface area contributed by atoms with Crippen LogP contribution in [0.2, 0.25) is 0 Å². The summed E-state index contributed by atoms with van der Waals surface area (Å²) >= 11 is 0. The molecule has 0 saturated heterocycles. The van der Waals surface area contributed by atoms with Gasteiger partial charge in [0.25, 0.3) is 0 Å². The van der Waals surface area contributed by atoms with E-state index in [0.717, 1.165) is 22.9 Å². The number of nitrogens with two attached hydrogens (primary N) is 1. The molecule has 100 valence electrons. The summed E-state index contributed by atoms with van der Waals surface area (Å²) in [4.78, 5) is 4.25. The molecule has 1 aliphatic carbocycles. The van der Waals surface area contributed by atoms with E-state index < -0.39 is 0 Å². The number of hydrogen-bond donors (Lipinski definition) is 1. The van der Waals surface area contributed by atoms with Crippen molar-refractivity contribution in [3.63, 3.8) is 0 Å². The Hall–Kier alpha value is -1.61. The van der Waals surface area contributed by atoms with Crippen LogP contribution in [0.4, 0.5) is 0 Å². The highest BCUT2D eigenvalue weighted by Crippen LogP contribution is 2.33. The molecule has 0 unspecified atom stereocenters. The van der Waals surface area contributed by atoms with Crippen LogP contribution >= 0.6 is 0 Å². The van der Waals surface area contributed by atoms with Gasteiger partial charge < -0.3 is 10.2 Å². The van der Waals surface area contributed by atoms with Crippen LogP contribution in [0, 0.1) is 0 Å². The first-order chi connectivity index (χ1) is 9.38. The average molecular weight is 256 g/mol. The summed E-state index contributed by atoms with van der Waals surface area (Å²) in [5.41, 5.74) is 9.07. The Labute approximate surface area is 113 Å². The molecule has 0 radical (unpaired) electrons. The molecule has 1 saturated carbocycles. The van der Waals surface area contributed by atoms with Gasteiger partial charge in [0.05, 0.1) is 6.54 Å². The number of oxazole rings is 1. The third kappa shape index (κ3) is 2.56. The van der Waals surface area contributed by atoms with Crippen molar-refractivity contribution in [2.45, 2.75) is 44.6 Å². The van der Waals surface area contributed by atoms with Gasteiger partial charge in [-0.25, -0.2) is 4.98 Å². The van der Waals surface area contributed by atoms with Crippen LogP contribution in [0.15, 0.2) is 35.1 Å². The topological polar surface area (TPSA) is 52.0 Å². The Bertz CT molecular complexity index is 524. The first-order valence-electron chi connectivity index (χ1n) is 7.11. The van der Waals surface area contributed by atoms with Gasteiger partial charge in [0.1, 0.15) is 11.5 Å². The maximum absolute atomic E-state index is 5.65. The molecule has 1 aliphatic rings. The minimum Gasteiger partial charge on any atom is -0.446 e. The fraction of sp³-hybridized carbons (Fsp3) is 0.438. The van der Waals surface area contributed by atoms with Crippen molar-refractivity contribution < 1.29 is 4.42 Å². The van der Waals surface area contributed by atoms with Crippen LogP contribution < -0.4 is 5.73 Å². The molecule has 2 aromatic rings. The highest BCUT2D eigenvalue weighted by molar-refractivity contribution is 5.61. The lowest BCUT2D eigenvalue weighted by Crippen LogP contribution is -2.04. The number of benzene rings is 1. The molecule has 1 aromatic carbocycles. The van der Waals surface area contributed by atoms with Crippen LogP contribution in [0.3, 0.4) is 0 Å². The largest absolute Gasteiger partial charge is 0.446 e. The molecule has 0 aliphatic heterocycles. The zero-order valence-electron chi connectivity index (χ0n) is 11.1. The summed E-state index contributed by atoms with van der Waals surface area (Å²) < 4.78 is 5.28. The second kappa shape index (κ2) is 5.57. The van der Waals surface area contributed by atoms with Gasteiger partial charge in [0, 0.05) is 5.56 Å². The van der Waals surface area contributed by atoms with Gasteiger partial charge >= 0.3 is 0 Å². The van der Waals surface area contributed by atoms with Crippen molar-refractivity contribution in [2.24, 2.45) is 5.73 Å². The molecule has 0 spiro atoms. The highest BCUT2D eigenvalue weighted by Gasteiger charge is 2.16. The molecule has 0 amide bonds. The molecule has 1 fully saturated rings. The second-order valence-electron chi connectivity index (χ2n) is 5.29. The quantitative estimate of drug-likeness (QED) is 0.907. The van der Waals surface area contributed by atoms with E-state index in [1.807, 2.05) is 0 Å². The second-order valence-corrected chi connectivity index (χ2v) is 5.29. The number of rotatable bonds is 3. The van der Waals surface area contributed by atoms with E-state index in [4.69, 9.17) is 10.2 Å². The van der Waals surface area contributed by atoms with E-state index in [1.54, 1.807) is 0 Å². The van der Waals surface area contributed by atoms with Gasteiger partial charge in [0.2, 0.25) is 0 Å². The van der Waals surface area contributed by atoms with Crippen molar-refractivity contribution in [1.82, 2.24) is 4.98 Å². The van der Waals surface area contributed by atoms with Gasteiger partial charge in [-0.2, -0.15) is 0 Å². The van der Waals surface area contributed by atoms with E-state index in [2.05, 4.69) is 29.2 Å². The molecule has 3 rings (SSSR count). The Morgan fingerprint density at radius 1 is 1.11 bits per heavy atom. The lowest BCUT2D eigenvalue weighted by Gasteiger charge is -2.22. The van der Waals surface area contributed by atoms with Gasteiger partial charge in [-0.15, -0.1) is 0 Å².